The minimum absolute atomic E-state index is 0.0327. The number of anilines is 1. The monoisotopic (exact) mass is 263 g/mol. The fraction of sp³-hybridized carbons (Fsp3) is 0.500. The zero-order valence-corrected chi connectivity index (χ0v) is 11.5. The molecule has 2 rings (SSSR count). The van der Waals surface area contributed by atoms with Gasteiger partial charge < -0.3 is 20.3 Å². The van der Waals surface area contributed by atoms with Crippen LogP contribution in [0.2, 0.25) is 0 Å². The number of ether oxygens (including phenoxy) is 1. The van der Waals surface area contributed by atoms with Gasteiger partial charge in [-0.05, 0) is 19.1 Å². The van der Waals surface area contributed by atoms with Gasteiger partial charge in [0.1, 0.15) is 5.75 Å². The Morgan fingerprint density at radius 3 is 2.58 bits per heavy atom. The van der Waals surface area contributed by atoms with Crippen LogP contribution >= 0.6 is 0 Å². The van der Waals surface area contributed by atoms with Gasteiger partial charge in [0, 0.05) is 37.9 Å². The maximum Gasteiger partial charge on any atom is 0.239 e. The number of benzene rings is 1. The number of rotatable bonds is 3. The molecule has 104 valence electrons. The van der Waals surface area contributed by atoms with E-state index in [1.165, 1.54) is 0 Å². The van der Waals surface area contributed by atoms with Crippen molar-refractivity contribution in [3.63, 3.8) is 0 Å². The van der Waals surface area contributed by atoms with E-state index in [9.17, 15) is 4.79 Å². The topological polar surface area (TPSA) is 58.8 Å². The van der Waals surface area contributed by atoms with Crippen LogP contribution in [0.15, 0.2) is 24.3 Å². The maximum atomic E-state index is 11.8. The highest BCUT2D eigenvalue weighted by Gasteiger charge is 2.23. The van der Waals surface area contributed by atoms with Crippen molar-refractivity contribution in [3.05, 3.63) is 24.3 Å². The molecule has 0 radical (unpaired) electrons. The first-order chi connectivity index (χ1) is 9.11. The Balaban J connectivity index is 1.97. The van der Waals surface area contributed by atoms with E-state index in [4.69, 9.17) is 10.5 Å². The summed E-state index contributed by atoms with van der Waals surface area (Å²) in [5, 5.41) is 0. The first kappa shape index (κ1) is 13.7. The molecule has 2 N–H and O–H groups in total. The Morgan fingerprint density at radius 2 is 2.00 bits per heavy atom. The highest BCUT2D eigenvalue weighted by Crippen LogP contribution is 2.22. The van der Waals surface area contributed by atoms with E-state index in [0.717, 1.165) is 37.6 Å². The molecular weight excluding hydrogens is 242 g/mol. The summed E-state index contributed by atoms with van der Waals surface area (Å²) in [6, 6.07) is 7.57. The molecule has 1 fully saturated rings. The third-order valence-electron chi connectivity index (χ3n) is 3.40. The SMILES string of the molecule is COc1cccc(N2CCN(C(=O)[C@H](C)N)CC2)c1. The summed E-state index contributed by atoms with van der Waals surface area (Å²) in [6.45, 7) is 4.82. The maximum absolute atomic E-state index is 11.8. The van der Waals surface area contributed by atoms with Gasteiger partial charge in [0.25, 0.3) is 0 Å². The fourth-order valence-electron chi connectivity index (χ4n) is 2.28. The Hall–Kier alpha value is -1.75. The second-order valence-corrected chi connectivity index (χ2v) is 4.80. The van der Waals surface area contributed by atoms with Crippen molar-refractivity contribution in [1.82, 2.24) is 4.90 Å². The third kappa shape index (κ3) is 3.17. The number of carbonyl (C=O) groups excluding carboxylic acids is 1. The summed E-state index contributed by atoms with van der Waals surface area (Å²) in [5.41, 5.74) is 6.76. The zero-order chi connectivity index (χ0) is 13.8. The van der Waals surface area contributed by atoms with E-state index >= 15 is 0 Å². The van der Waals surface area contributed by atoms with Gasteiger partial charge in [-0.2, -0.15) is 0 Å². The van der Waals surface area contributed by atoms with Gasteiger partial charge in [0.2, 0.25) is 5.91 Å². The lowest BCUT2D eigenvalue weighted by molar-refractivity contribution is -0.132. The average molecular weight is 263 g/mol. The third-order valence-corrected chi connectivity index (χ3v) is 3.40. The molecule has 0 spiro atoms. The molecule has 19 heavy (non-hydrogen) atoms. The summed E-state index contributed by atoms with van der Waals surface area (Å²) in [5.74, 6) is 0.886. The molecule has 5 heteroatoms. The lowest BCUT2D eigenvalue weighted by Gasteiger charge is -2.36. The van der Waals surface area contributed by atoms with Gasteiger partial charge in [-0.15, -0.1) is 0 Å². The quantitative estimate of drug-likeness (QED) is 0.871. The molecule has 1 aromatic carbocycles. The Morgan fingerprint density at radius 1 is 1.32 bits per heavy atom. The van der Waals surface area contributed by atoms with Crippen molar-refractivity contribution in [2.75, 3.05) is 38.2 Å². The summed E-state index contributed by atoms with van der Waals surface area (Å²) in [7, 11) is 1.67. The van der Waals surface area contributed by atoms with Crippen LogP contribution in [-0.4, -0.2) is 50.1 Å². The van der Waals surface area contributed by atoms with Crippen molar-refractivity contribution in [2.24, 2.45) is 5.73 Å². The van der Waals surface area contributed by atoms with Crippen LogP contribution < -0.4 is 15.4 Å². The van der Waals surface area contributed by atoms with Crippen LogP contribution in [0.4, 0.5) is 5.69 Å². The number of nitrogens with two attached hydrogens (primary N) is 1. The summed E-state index contributed by atoms with van der Waals surface area (Å²) in [6.07, 6.45) is 0. The first-order valence-corrected chi connectivity index (χ1v) is 6.55. The van der Waals surface area contributed by atoms with Gasteiger partial charge in [-0.1, -0.05) is 6.07 Å². The van der Waals surface area contributed by atoms with E-state index in [2.05, 4.69) is 11.0 Å². The van der Waals surface area contributed by atoms with Crippen molar-refractivity contribution < 1.29 is 9.53 Å². The smallest absolute Gasteiger partial charge is 0.239 e. The summed E-state index contributed by atoms with van der Waals surface area (Å²) >= 11 is 0. The molecule has 0 unspecified atom stereocenters. The highest BCUT2D eigenvalue weighted by molar-refractivity contribution is 5.81. The molecule has 1 saturated heterocycles. The van der Waals surface area contributed by atoms with Gasteiger partial charge in [-0.3, -0.25) is 4.79 Å². The van der Waals surface area contributed by atoms with Gasteiger partial charge >= 0.3 is 0 Å². The Labute approximate surface area is 113 Å². The van der Waals surface area contributed by atoms with Crippen LogP contribution in [0.25, 0.3) is 0 Å². The summed E-state index contributed by atoms with van der Waals surface area (Å²) < 4.78 is 5.23. The van der Waals surface area contributed by atoms with Gasteiger partial charge in [0.15, 0.2) is 0 Å². The van der Waals surface area contributed by atoms with E-state index in [1.54, 1.807) is 14.0 Å². The number of methoxy groups -OCH3 is 1. The van der Waals surface area contributed by atoms with Gasteiger partial charge in [-0.25, -0.2) is 0 Å². The van der Waals surface area contributed by atoms with Gasteiger partial charge in [0.05, 0.1) is 13.2 Å². The van der Waals surface area contributed by atoms with Crippen molar-refractivity contribution in [3.8, 4) is 5.75 Å². The predicted molar refractivity (Wildman–Crippen MR) is 75.4 cm³/mol. The lowest BCUT2D eigenvalue weighted by atomic mass is 10.2. The molecule has 5 nitrogen and oxygen atoms in total. The molecule has 1 amide bonds. The van der Waals surface area contributed by atoms with Crippen LogP contribution in [0, 0.1) is 0 Å². The molecule has 0 aliphatic carbocycles. The predicted octanol–water partition coefficient (Wildman–Crippen LogP) is 0.691. The number of piperazine rings is 1. The number of nitrogens with zero attached hydrogens (tertiary/aromatic N) is 2. The van der Waals surface area contributed by atoms with Crippen molar-refractivity contribution in [1.29, 1.82) is 0 Å². The van der Waals surface area contributed by atoms with E-state index in [0.29, 0.717) is 0 Å². The number of hydrogen-bond donors (Lipinski definition) is 1. The number of amides is 1. The molecule has 0 bridgehead atoms. The second kappa shape index (κ2) is 5.93. The second-order valence-electron chi connectivity index (χ2n) is 4.80. The molecule has 1 aromatic rings. The van der Waals surface area contributed by atoms with E-state index in [-0.39, 0.29) is 5.91 Å². The minimum Gasteiger partial charge on any atom is -0.497 e. The molecule has 1 aliphatic rings. The molecule has 1 heterocycles. The fourth-order valence-corrected chi connectivity index (χ4v) is 2.28. The zero-order valence-electron chi connectivity index (χ0n) is 11.5. The molecule has 1 atom stereocenters. The van der Waals surface area contributed by atoms with E-state index < -0.39 is 6.04 Å². The minimum atomic E-state index is -0.414. The largest absolute Gasteiger partial charge is 0.497 e. The Kier molecular flexibility index (Phi) is 4.27. The normalized spacial score (nSPS) is 17.2. The van der Waals surface area contributed by atoms with Crippen LogP contribution in [0.5, 0.6) is 5.75 Å². The number of hydrogen-bond acceptors (Lipinski definition) is 4. The summed E-state index contributed by atoms with van der Waals surface area (Å²) in [4.78, 5) is 15.9. The standard InChI is InChI=1S/C14H21N3O2/c1-11(15)14(18)17-8-6-16(7-9-17)12-4-3-5-13(10-12)19-2/h3-5,10-11H,6-9,15H2,1-2H3/t11-/m0/s1. The first-order valence-electron chi connectivity index (χ1n) is 6.55. The number of carbonyl (C=O) groups is 1. The van der Waals surface area contributed by atoms with Crippen LogP contribution in [0.1, 0.15) is 6.92 Å². The molecule has 0 saturated carbocycles. The molecule has 1 aliphatic heterocycles. The highest BCUT2D eigenvalue weighted by atomic mass is 16.5. The molecule has 0 aromatic heterocycles. The molecular formula is C14H21N3O2. The van der Waals surface area contributed by atoms with Crippen molar-refractivity contribution >= 4 is 11.6 Å². The van der Waals surface area contributed by atoms with E-state index in [1.807, 2.05) is 23.1 Å². The Bertz CT molecular complexity index is 440. The van der Waals surface area contributed by atoms with Crippen LogP contribution in [-0.2, 0) is 4.79 Å². The average Bonchev–Trinajstić information content (AvgIpc) is 2.46. The lowest BCUT2D eigenvalue weighted by Crippen LogP contribution is -2.52. The van der Waals surface area contributed by atoms with Crippen molar-refractivity contribution in [2.45, 2.75) is 13.0 Å². The van der Waals surface area contributed by atoms with Crippen LogP contribution in [0.3, 0.4) is 0 Å².